The monoisotopic (exact) mass is 287 g/mol. The molecule has 0 aliphatic heterocycles. The first kappa shape index (κ1) is 15.7. The Morgan fingerprint density at radius 3 is 2.14 bits per heavy atom. The number of hydrogen-bond donors (Lipinski definition) is 2. The lowest BCUT2D eigenvalue weighted by atomic mass is 9.87. The number of benzene rings is 2. The average Bonchev–Trinajstić information content (AvgIpc) is 2.46. The highest BCUT2D eigenvalue weighted by Gasteiger charge is 2.22. The van der Waals surface area contributed by atoms with Crippen LogP contribution < -0.4 is 5.73 Å². The van der Waals surface area contributed by atoms with Crippen molar-refractivity contribution in [3.8, 4) is 0 Å². The normalized spacial score (nSPS) is 14.0. The Labute approximate surface area is 125 Å². The van der Waals surface area contributed by atoms with Crippen LogP contribution in [0.15, 0.2) is 36.4 Å². The third-order valence-corrected chi connectivity index (χ3v) is 4.13. The van der Waals surface area contributed by atoms with Crippen molar-refractivity contribution in [3.05, 3.63) is 70.0 Å². The molecule has 2 atom stereocenters. The van der Waals surface area contributed by atoms with Crippen molar-refractivity contribution in [1.82, 2.24) is 0 Å². The first-order valence-electron chi connectivity index (χ1n) is 7.15. The summed E-state index contributed by atoms with van der Waals surface area (Å²) >= 11 is 0. The molecule has 0 aromatic heterocycles. The second-order valence-electron chi connectivity index (χ2n) is 5.64. The van der Waals surface area contributed by atoms with Crippen LogP contribution in [0.5, 0.6) is 0 Å². The molecule has 3 heteroatoms. The highest BCUT2D eigenvalue weighted by Crippen LogP contribution is 2.31. The lowest BCUT2D eigenvalue weighted by Crippen LogP contribution is -2.20. The molecule has 0 saturated heterocycles. The van der Waals surface area contributed by atoms with Gasteiger partial charge in [0.1, 0.15) is 5.82 Å². The summed E-state index contributed by atoms with van der Waals surface area (Å²) in [5, 5.41) is 10.6. The summed E-state index contributed by atoms with van der Waals surface area (Å²) < 4.78 is 13.7. The second kappa shape index (κ2) is 6.37. The highest BCUT2D eigenvalue weighted by atomic mass is 19.1. The van der Waals surface area contributed by atoms with E-state index in [0.29, 0.717) is 17.7 Å². The summed E-state index contributed by atoms with van der Waals surface area (Å²) in [6.07, 6.45) is -0.813. The predicted octanol–water partition coefficient (Wildman–Crippen LogP) is 3.53. The van der Waals surface area contributed by atoms with E-state index < -0.39 is 6.10 Å². The third-order valence-electron chi connectivity index (χ3n) is 4.13. The summed E-state index contributed by atoms with van der Waals surface area (Å²) in [6, 6.07) is 10.9. The van der Waals surface area contributed by atoms with Crippen LogP contribution in [0, 0.1) is 26.6 Å². The minimum absolute atomic E-state index is 0.244. The van der Waals surface area contributed by atoms with E-state index in [2.05, 4.69) is 0 Å². The molecule has 0 heterocycles. The van der Waals surface area contributed by atoms with Gasteiger partial charge in [-0.05, 0) is 54.7 Å². The molecular formula is C18H22FNO. The van der Waals surface area contributed by atoms with Gasteiger partial charge < -0.3 is 10.8 Å². The summed E-state index contributed by atoms with van der Waals surface area (Å²) in [5.74, 6) is -0.547. The van der Waals surface area contributed by atoms with Crippen molar-refractivity contribution in [3.63, 3.8) is 0 Å². The average molecular weight is 287 g/mol. The van der Waals surface area contributed by atoms with Gasteiger partial charge in [-0.3, -0.25) is 0 Å². The zero-order valence-electron chi connectivity index (χ0n) is 12.7. The van der Waals surface area contributed by atoms with Gasteiger partial charge in [-0.1, -0.05) is 30.3 Å². The highest BCUT2D eigenvalue weighted by molar-refractivity contribution is 5.35. The van der Waals surface area contributed by atoms with Crippen LogP contribution in [0.4, 0.5) is 4.39 Å². The van der Waals surface area contributed by atoms with Crippen LogP contribution >= 0.6 is 0 Å². The number of halogens is 1. The Hall–Kier alpha value is -1.71. The van der Waals surface area contributed by atoms with Crippen LogP contribution in [0.1, 0.15) is 39.8 Å². The van der Waals surface area contributed by atoms with E-state index in [1.165, 1.54) is 11.6 Å². The van der Waals surface area contributed by atoms with Crippen LogP contribution in [-0.4, -0.2) is 11.7 Å². The minimum atomic E-state index is -0.813. The van der Waals surface area contributed by atoms with Gasteiger partial charge in [0, 0.05) is 12.5 Å². The van der Waals surface area contributed by atoms with E-state index in [1.54, 1.807) is 19.1 Å². The Morgan fingerprint density at radius 1 is 0.952 bits per heavy atom. The van der Waals surface area contributed by atoms with E-state index >= 15 is 0 Å². The summed E-state index contributed by atoms with van der Waals surface area (Å²) in [4.78, 5) is 0. The number of rotatable bonds is 4. The summed E-state index contributed by atoms with van der Waals surface area (Å²) in [6.45, 7) is 6.08. The van der Waals surface area contributed by atoms with E-state index in [1.807, 2.05) is 32.0 Å². The van der Waals surface area contributed by atoms with Crippen molar-refractivity contribution in [1.29, 1.82) is 0 Å². The summed E-state index contributed by atoms with van der Waals surface area (Å²) in [5.41, 5.74) is 10.3. The van der Waals surface area contributed by atoms with Crippen molar-refractivity contribution in [2.75, 3.05) is 6.54 Å². The van der Waals surface area contributed by atoms with Crippen molar-refractivity contribution in [2.45, 2.75) is 32.8 Å². The maximum atomic E-state index is 13.7. The fraction of sp³-hybridized carbons (Fsp3) is 0.333. The molecule has 2 aromatic rings. The number of aryl methyl sites for hydroxylation is 3. The van der Waals surface area contributed by atoms with E-state index in [4.69, 9.17) is 5.73 Å². The van der Waals surface area contributed by atoms with Gasteiger partial charge in [0.2, 0.25) is 0 Å². The van der Waals surface area contributed by atoms with E-state index in [0.717, 1.165) is 11.1 Å². The second-order valence-corrected chi connectivity index (χ2v) is 5.64. The predicted molar refractivity (Wildman–Crippen MR) is 83.8 cm³/mol. The van der Waals surface area contributed by atoms with Gasteiger partial charge in [-0.2, -0.15) is 0 Å². The van der Waals surface area contributed by atoms with Crippen molar-refractivity contribution in [2.24, 2.45) is 5.73 Å². The maximum absolute atomic E-state index is 13.7. The fourth-order valence-electron chi connectivity index (χ4n) is 2.47. The third kappa shape index (κ3) is 3.31. The Kier molecular flexibility index (Phi) is 4.76. The summed E-state index contributed by atoms with van der Waals surface area (Å²) in [7, 11) is 0. The number of aliphatic hydroxyl groups excluding tert-OH is 1. The van der Waals surface area contributed by atoms with Crippen LogP contribution in [0.3, 0.4) is 0 Å². The van der Waals surface area contributed by atoms with Gasteiger partial charge in [-0.15, -0.1) is 0 Å². The quantitative estimate of drug-likeness (QED) is 0.903. The molecule has 0 amide bonds. The lowest BCUT2D eigenvalue weighted by molar-refractivity contribution is 0.147. The lowest BCUT2D eigenvalue weighted by Gasteiger charge is -2.23. The zero-order chi connectivity index (χ0) is 15.6. The van der Waals surface area contributed by atoms with Gasteiger partial charge in [0.15, 0.2) is 0 Å². The molecule has 112 valence electrons. The Bertz CT molecular complexity index is 639. The van der Waals surface area contributed by atoms with Gasteiger partial charge in [-0.25, -0.2) is 4.39 Å². The van der Waals surface area contributed by atoms with Gasteiger partial charge in [0.25, 0.3) is 0 Å². The van der Waals surface area contributed by atoms with E-state index in [-0.39, 0.29) is 11.7 Å². The standard InChI is InChI=1S/C18H22FNO/c1-11-4-6-14(8-13(11)3)16(10-20)18(21)15-7-5-12(2)17(19)9-15/h4-9,16,18,21H,10,20H2,1-3H3. The number of hydrogen-bond acceptors (Lipinski definition) is 2. The topological polar surface area (TPSA) is 46.2 Å². The largest absolute Gasteiger partial charge is 0.388 e. The van der Waals surface area contributed by atoms with E-state index in [9.17, 15) is 9.50 Å². The molecule has 21 heavy (non-hydrogen) atoms. The molecule has 0 aliphatic carbocycles. The first-order chi connectivity index (χ1) is 9.93. The van der Waals surface area contributed by atoms with Gasteiger partial charge >= 0.3 is 0 Å². The van der Waals surface area contributed by atoms with Crippen molar-refractivity contribution < 1.29 is 9.50 Å². The molecule has 0 saturated carbocycles. The van der Waals surface area contributed by atoms with Crippen LogP contribution in [0.25, 0.3) is 0 Å². The molecule has 2 aromatic carbocycles. The Morgan fingerprint density at radius 2 is 1.57 bits per heavy atom. The SMILES string of the molecule is Cc1ccc(C(CN)C(O)c2ccc(C)c(F)c2)cc1C. The first-order valence-corrected chi connectivity index (χ1v) is 7.15. The Balaban J connectivity index is 2.35. The number of aliphatic hydroxyl groups is 1. The van der Waals surface area contributed by atoms with Gasteiger partial charge in [0.05, 0.1) is 6.10 Å². The molecule has 0 radical (unpaired) electrons. The molecule has 2 rings (SSSR count). The number of nitrogens with two attached hydrogens (primary N) is 1. The molecule has 0 fully saturated rings. The molecule has 3 N–H and O–H groups in total. The maximum Gasteiger partial charge on any atom is 0.126 e. The van der Waals surface area contributed by atoms with Crippen molar-refractivity contribution >= 4 is 0 Å². The van der Waals surface area contributed by atoms with Crippen LogP contribution in [-0.2, 0) is 0 Å². The molecule has 2 nitrogen and oxygen atoms in total. The zero-order valence-corrected chi connectivity index (χ0v) is 12.7. The molecule has 0 bridgehead atoms. The molecule has 0 spiro atoms. The molecule has 2 unspecified atom stereocenters. The fourth-order valence-corrected chi connectivity index (χ4v) is 2.47. The molecular weight excluding hydrogens is 265 g/mol. The minimum Gasteiger partial charge on any atom is -0.388 e. The smallest absolute Gasteiger partial charge is 0.126 e. The molecule has 0 aliphatic rings. The van der Waals surface area contributed by atoms with Crippen LogP contribution in [0.2, 0.25) is 0 Å².